The Morgan fingerprint density at radius 2 is 1.56 bits per heavy atom. The van der Waals surface area contributed by atoms with Crippen LogP contribution in [0.3, 0.4) is 0 Å². The van der Waals surface area contributed by atoms with Gasteiger partial charge in [-0.3, -0.25) is 14.4 Å². The first-order valence-corrected chi connectivity index (χ1v) is 10.7. The molecule has 0 saturated carbocycles. The first-order valence-electron chi connectivity index (χ1n) is 10.7. The van der Waals surface area contributed by atoms with Gasteiger partial charge in [0.15, 0.2) is 11.6 Å². The molecule has 8 nitrogen and oxygen atoms in total. The van der Waals surface area contributed by atoms with Crippen LogP contribution in [0.2, 0.25) is 0 Å². The number of carbonyl (C=O) groups excluding carboxylic acids is 3. The van der Waals surface area contributed by atoms with Crippen molar-refractivity contribution in [3.63, 3.8) is 0 Å². The second-order valence-corrected chi connectivity index (χ2v) is 8.14. The zero-order valence-electron chi connectivity index (χ0n) is 18.6. The van der Waals surface area contributed by atoms with E-state index in [-0.39, 0.29) is 39.8 Å². The maximum atomic E-state index is 13.0. The number of hydrogen-bond acceptors (Lipinski definition) is 6. The number of tetrazole rings is 1. The quantitative estimate of drug-likeness (QED) is 0.401. The number of aromatic nitrogens is 4. The van der Waals surface area contributed by atoms with E-state index in [2.05, 4.69) is 20.7 Å². The second-order valence-electron chi connectivity index (χ2n) is 8.14. The van der Waals surface area contributed by atoms with Crippen molar-refractivity contribution in [2.24, 2.45) is 0 Å². The highest BCUT2D eigenvalue weighted by Crippen LogP contribution is 2.32. The Labute approximate surface area is 201 Å². The van der Waals surface area contributed by atoms with Crippen LogP contribution in [0.5, 0.6) is 0 Å². The molecule has 0 fully saturated rings. The number of benzene rings is 3. The normalized spacial score (nSPS) is 13.7. The Balaban J connectivity index is 1.35. The predicted octanol–water partition coefficient (Wildman–Crippen LogP) is 4.33. The summed E-state index contributed by atoms with van der Waals surface area (Å²) < 4.78 is 39.0. The van der Waals surface area contributed by atoms with Gasteiger partial charge in [-0.1, -0.05) is 36.4 Å². The number of alkyl halides is 3. The largest absolute Gasteiger partial charge is 0.416 e. The third-order valence-corrected chi connectivity index (χ3v) is 5.79. The number of hydrogen-bond donors (Lipinski definition) is 1. The summed E-state index contributed by atoms with van der Waals surface area (Å²) in [6.07, 6.45) is -4.53. The maximum absolute atomic E-state index is 13.0. The summed E-state index contributed by atoms with van der Waals surface area (Å²) >= 11 is 0. The number of amides is 1. The van der Waals surface area contributed by atoms with Gasteiger partial charge < -0.3 is 5.32 Å². The molecule has 1 atom stereocenters. The van der Waals surface area contributed by atoms with Crippen molar-refractivity contribution in [2.75, 3.05) is 5.32 Å². The van der Waals surface area contributed by atoms with Crippen LogP contribution in [0.1, 0.15) is 50.4 Å². The van der Waals surface area contributed by atoms with Crippen molar-refractivity contribution in [2.45, 2.75) is 19.1 Å². The van der Waals surface area contributed by atoms with E-state index in [9.17, 15) is 27.6 Å². The minimum absolute atomic E-state index is 0.0719. The number of carbonyl (C=O) groups is 3. The molecule has 180 valence electrons. The van der Waals surface area contributed by atoms with Crippen LogP contribution < -0.4 is 5.32 Å². The fourth-order valence-corrected chi connectivity index (χ4v) is 3.87. The summed E-state index contributed by atoms with van der Waals surface area (Å²) in [7, 11) is 0. The van der Waals surface area contributed by atoms with Gasteiger partial charge in [0.05, 0.1) is 5.56 Å². The Hall–Kier alpha value is -4.67. The van der Waals surface area contributed by atoms with Crippen molar-refractivity contribution < 1.29 is 27.6 Å². The number of rotatable bonds is 4. The Kier molecular flexibility index (Phi) is 5.47. The zero-order valence-corrected chi connectivity index (χ0v) is 18.6. The molecule has 1 amide bonds. The Morgan fingerprint density at radius 1 is 0.889 bits per heavy atom. The molecule has 4 aromatic rings. The van der Waals surface area contributed by atoms with Crippen LogP contribution in [-0.4, -0.2) is 37.7 Å². The molecule has 36 heavy (non-hydrogen) atoms. The molecule has 3 aromatic carbocycles. The number of fused-ring (bicyclic) bond motifs is 2. The predicted molar refractivity (Wildman–Crippen MR) is 121 cm³/mol. The second kappa shape index (κ2) is 8.52. The average Bonchev–Trinajstić information content (AvgIpc) is 3.37. The minimum Gasteiger partial charge on any atom is -0.324 e. The molecule has 1 aromatic heterocycles. The van der Waals surface area contributed by atoms with Gasteiger partial charge in [0.25, 0.3) is 5.91 Å². The monoisotopic (exact) mass is 491 g/mol. The molecule has 0 bridgehead atoms. The first kappa shape index (κ1) is 23.1. The van der Waals surface area contributed by atoms with Crippen LogP contribution in [0, 0.1) is 0 Å². The summed E-state index contributed by atoms with van der Waals surface area (Å²) in [6.45, 7) is 1.48. The van der Waals surface area contributed by atoms with Gasteiger partial charge in [-0.15, -0.1) is 10.2 Å². The van der Waals surface area contributed by atoms with E-state index in [0.29, 0.717) is 11.1 Å². The lowest BCUT2D eigenvalue weighted by atomic mass is 9.84. The van der Waals surface area contributed by atoms with E-state index >= 15 is 0 Å². The number of anilines is 1. The topological polar surface area (TPSA) is 107 Å². The van der Waals surface area contributed by atoms with Crippen LogP contribution in [0.15, 0.2) is 66.7 Å². The van der Waals surface area contributed by atoms with Gasteiger partial charge in [0, 0.05) is 33.5 Å². The molecular formula is C25H16F3N5O3. The van der Waals surface area contributed by atoms with Crippen molar-refractivity contribution in [3.05, 3.63) is 94.5 Å². The van der Waals surface area contributed by atoms with Gasteiger partial charge in [0.1, 0.15) is 6.04 Å². The van der Waals surface area contributed by atoms with E-state index < -0.39 is 23.7 Å². The highest BCUT2D eigenvalue weighted by Gasteiger charge is 2.31. The standard InChI is InChI=1S/C25H16F3N5O3/c1-13(33-31-23(30-32-33)14-5-4-6-15(11-14)25(26,27)28)24(36)29-16-9-10-19-20(12-16)22(35)18-8-3-2-7-17(18)21(19)34/h2-13H,1H3,(H,29,36). The zero-order chi connectivity index (χ0) is 25.6. The smallest absolute Gasteiger partial charge is 0.324 e. The summed E-state index contributed by atoms with van der Waals surface area (Å²) in [5.74, 6) is -1.23. The number of nitrogens with one attached hydrogen (secondary N) is 1. The molecule has 0 radical (unpaired) electrons. The molecule has 0 saturated heterocycles. The molecule has 5 rings (SSSR count). The van der Waals surface area contributed by atoms with Gasteiger partial charge >= 0.3 is 6.18 Å². The molecule has 1 aliphatic rings. The van der Waals surface area contributed by atoms with E-state index in [1.165, 1.54) is 37.3 Å². The van der Waals surface area contributed by atoms with Crippen molar-refractivity contribution in [1.82, 2.24) is 20.2 Å². The lowest BCUT2D eigenvalue weighted by molar-refractivity contribution is -0.137. The third kappa shape index (κ3) is 4.04. The molecule has 1 N–H and O–H groups in total. The molecule has 1 heterocycles. The molecule has 1 aliphatic carbocycles. The van der Waals surface area contributed by atoms with E-state index in [4.69, 9.17) is 0 Å². The van der Waals surface area contributed by atoms with E-state index in [1.807, 2.05) is 0 Å². The van der Waals surface area contributed by atoms with Crippen molar-refractivity contribution in [1.29, 1.82) is 0 Å². The Morgan fingerprint density at radius 3 is 2.25 bits per heavy atom. The van der Waals surface area contributed by atoms with Crippen molar-refractivity contribution >= 4 is 23.2 Å². The maximum Gasteiger partial charge on any atom is 0.416 e. The first-order chi connectivity index (χ1) is 17.1. The minimum atomic E-state index is -4.53. The van der Waals surface area contributed by atoms with Gasteiger partial charge in [-0.05, 0) is 42.5 Å². The molecule has 0 spiro atoms. The lowest BCUT2D eigenvalue weighted by Crippen LogP contribution is -2.26. The molecule has 11 heteroatoms. The van der Waals surface area contributed by atoms with Crippen LogP contribution in [0.4, 0.5) is 18.9 Å². The SMILES string of the molecule is CC(C(=O)Nc1ccc2c(c1)C(=O)c1ccccc1C2=O)n1nnc(-c2cccc(C(F)(F)F)c2)n1. The highest BCUT2D eigenvalue weighted by molar-refractivity contribution is 6.28. The number of halogens is 3. The molecular weight excluding hydrogens is 475 g/mol. The average molecular weight is 491 g/mol. The number of ketones is 2. The van der Waals surface area contributed by atoms with Crippen LogP contribution in [0.25, 0.3) is 11.4 Å². The lowest BCUT2D eigenvalue weighted by Gasteiger charge is -2.18. The summed E-state index contributed by atoms with van der Waals surface area (Å²) in [4.78, 5) is 39.4. The number of nitrogens with zero attached hydrogens (tertiary/aromatic N) is 4. The molecule has 1 unspecified atom stereocenters. The fourth-order valence-electron chi connectivity index (χ4n) is 3.87. The Bertz CT molecular complexity index is 1540. The van der Waals surface area contributed by atoms with Crippen LogP contribution >= 0.6 is 0 Å². The highest BCUT2D eigenvalue weighted by atomic mass is 19.4. The van der Waals surface area contributed by atoms with Gasteiger partial charge in [0.2, 0.25) is 5.82 Å². The summed E-state index contributed by atoms with van der Waals surface area (Å²) in [6, 6.07) is 14.4. The third-order valence-electron chi connectivity index (χ3n) is 5.79. The van der Waals surface area contributed by atoms with Gasteiger partial charge in [-0.25, -0.2) is 0 Å². The van der Waals surface area contributed by atoms with Crippen LogP contribution in [-0.2, 0) is 11.0 Å². The summed E-state index contributed by atoms with van der Waals surface area (Å²) in [5, 5.41) is 14.3. The van der Waals surface area contributed by atoms with E-state index in [1.54, 1.807) is 24.3 Å². The van der Waals surface area contributed by atoms with Crippen molar-refractivity contribution in [3.8, 4) is 11.4 Å². The van der Waals surface area contributed by atoms with E-state index in [0.717, 1.165) is 16.9 Å². The fraction of sp³-hybridized carbons (Fsp3) is 0.120. The molecule has 0 aliphatic heterocycles. The summed E-state index contributed by atoms with van der Waals surface area (Å²) in [5.41, 5.74) is 0.565. The van der Waals surface area contributed by atoms with Gasteiger partial charge in [-0.2, -0.15) is 18.0 Å².